The molecule has 0 amide bonds. The number of hydrogen-bond acceptors (Lipinski definition) is 3. The van der Waals surface area contributed by atoms with Crippen LogP contribution in [0.25, 0.3) is 0 Å². The lowest BCUT2D eigenvalue weighted by atomic mass is 10.0. The molecule has 0 bridgehead atoms. The number of rotatable bonds is 6. The molecule has 1 fully saturated rings. The quantitative estimate of drug-likeness (QED) is 0.860. The maximum absolute atomic E-state index is 3.46. The van der Waals surface area contributed by atoms with Gasteiger partial charge >= 0.3 is 0 Å². The lowest BCUT2D eigenvalue weighted by Crippen LogP contribution is -2.45. The highest BCUT2D eigenvalue weighted by Crippen LogP contribution is 2.19. The molecule has 0 spiro atoms. The Balaban J connectivity index is 1.88. The van der Waals surface area contributed by atoms with E-state index in [0.717, 1.165) is 12.6 Å². The molecule has 1 aromatic rings. The van der Waals surface area contributed by atoms with Gasteiger partial charge in [-0.15, -0.1) is 0 Å². The normalized spacial score (nSPS) is 19.4. The van der Waals surface area contributed by atoms with Gasteiger partial charge in [0.25, 0.3) is 0 Å². The minimum Gasteiger partial charge on any atom is -0.312 e. The molecule has 3 heteroatoms. The zero-order valence-corrected chi connectivity index (χ0v) is 13.2. The number of hydrogen-bond donors (Lipinski definition) is 1. The van der Waals surface area contributed by atoms with Crippen LogP contribution in [0, 0.1) is 0 Å². The van der Waals surface area contributed by atoms with E-state index in [9.17, 15) is 0 Å². The summed E-state index contributed by atoms with van der Waals surface area (Å²) in [6.07, 6.45) is 2.60. The van der Waals surface area contributed by atoms with Crippen LogP contribution in [0.2, 0.25) is 0 Å². The van der Waals surface area contributed by atoms with Crippen LogP contribution in [0.3, 0.4) is 0 Å². The zero-order valence-electron chi connectivity index (χ0n) is 13.2. The molecule has 1 unspecified atom stereocenters. The highest BCUT2D eigenvalue weighted by atomic mass is 15.2. The second-order valence-corrected chi connectivity index (χ2v) is 5.86. The van der Waals surface area contributed by atoms with Gasteiger partial charge in [0, 0.05) is 18.6 Å². The highest BCUT2D eigenvalue weighted by Gasteiger charge is 2.23. The molecule has 0 aliphatic carbocycles. The maximum Gasteiger partial charge on any atom is 0.0446 e. The van der Waals surface area contributed by atoms with Crippen molar-refractivity contribution in [2.24, 2.45) is 0 Å². The zero-order chi connectivity index (χ0) is 14.4. The van der Waals surface area contributed by atoms with Crippen LogP contribution in [0.15, 0.2) is 30.3 Å². The molecule has 1 N–H and O–H groups in total. The standard InChI is InChI=1S/C17H29N3/c1-4-20-12-10-16(11-13-20)19(3)14-17(18-2)15-8-6-5-7-9-15/h5-9,16-18H,4,10-14H2,1-3H3. The molecule has 1 atom stereocenters. The Kier molecular flexibility index (Phi) is 6.02. The molecule has 1 heterocycles. The van der Waals surface area contributed by atoms with E-state index in [1.807, 2.05) is 0 Å². The summed E-state index contributed by atoms with van der Waals surface area (Å²) in [4.78, 5) is 5.10. The van der Waals surface area contributed by atoms with Crippen molar-refractivity contribution in [3.63, 3.8) is 0 Å². The second kappa shape index (κ2) is 7.77. The van der Waals surface area contributed by atoms with E-state index in [2.05, 4.69) is 66.5 Å². The fourth-order valence-corrected chi connectivity index (χ4v) is 3.16. The molecule has 1 aliphatic rings. The lowest BCUT2D eigenvalue weighted by molar-refractivity contribution is 0.124. The summed E-state index contributed by atoms with van der Waals surface area (Å²) in [5, 5.41) is 3.46. The van der Waals surface area contributed by atoms with E-state index in [-0.39, 0.29) is 0 Å². The predicted octanol–water partition coefficient (Wildman–Crippen LogP) is 2.36. The molecule has 20 heavy (non-hydrogen) atoms. The molecular formula is C17H29N3. The Morgan fingerprint density at radius 1 is 1.25 bits per heavy atom. The summed E-state index contributed by atoms with van der Waals surface area (Å²) in [6, 6.07) is 11.9. The Bertz CT molecular complexity index is 371. The van der Waals surface area contributed by atoms with Gasteiger partial charge in [0.1, 0.15) is 0 Å². The smallest absolute Gasteiger partial charge is 0.0446 e. The van der Waals surface area contributed by atoms with Crippen LogP contribution < -0.4 is 5.32 Å². The summed E-state index contributed by atoms with van der Waals surface area (Å²) >= 11 is 0. The van der Waals surface area contributed by atoms with Crippen LogP contribution in [0.4, 0.5) is 0 Å². The van der Waals surface area contributed by atoms with Crippen molar-refractivity contribution in [2.45, 2.75) is 31.8 Å². The Morgan fingerprint density at radius 2 is 1.90 bits per heavy atom. The molecule has 0 saturated carbocycles. The molecule has 1 aromatic carbocycles. The average molecular weight is 275 g/mol. The topological polar surface area (TPSA) is 18.5 Å². The van der Waals surface area contributed by atoms with Gasteiger partial charge in [0.05, 0.1) is 0 Å². The van der Waals surface area contributed by atoms with Crippen LogP contribution in [0.1, 0.15) is 31.4 Å². The van der Waals surface area contributed by atoms with Crippen molar-refractivity contribution in [1.29, 1.82) is 0 Å². The minimum absolute atomic E-state index is 0.422. The fraction of sp³-hybridized carbons (Fsp3) is 0.647. The van der Waals surface area contributed by atoms with Gasteiger partial charge in [-0.3, -0.25) is 0 Å². The molecule has 2 rings (SSSR count). The van der Waals surface area contributed by atoms with Crippen LogP contribution in [-0.2, 0) is 0 Å². The van der Waals surface area contributed by atoms with Gasteiger partial charge in [-0.25, -0.2) is 0 Å². The first-order valence-corrected chi connectivity index (χ1v) is 7.89. The van der Waals surface area contributed by atoms with Crippen molar-refractivity contribution in [3.05, 3.63) is 35.9 Å². The SMILES string of the molecule is CCN1CCC(N(C)CC(NC)c2ccccc2)CC1. The first-order valence-electron chi connectivity index (χ1n) is 7.89. The first kappa shape index (κ1) is 15.5. The monoisotopic (exact) mass is 275 g/mol. The molecule has 3 nitrogen and oxygen atoms in total. The van der Waals surface area contributed by atoms with Crippen LogP contribution in [0.5, 0.6) is 0 Å². The largest absolute Gasteiger partial charge is 0.312 e. The lowest BCUT2D eigenvalue weighted by Gasteiger charge is -2.37. The van der Waals surface area contributed by atoms with E-state index >= 15 is 0 Å². The van der Waals surface area contributed by atoms with Crippen LogP contribution in [-0.4, -0.2) is 56.1 Å². The van der Waals surface area contributed by atoms with Crippen molar-refractivity contribution in [1.82, 2.24) is 15.1 Å². The van der Waals surface area contributed by atoms with Crippen molar-refractivity contribution < 1.29 is 0 Å². The Labute approximate surface area is 124 Å². The molecule has 0 radical (unpaired) electrons. The third-order valence-corrected chi connectivity index (χ3v) is 4.65. The third-order valence-electron chi connectivity index (χ3n) is 4.65. The van der Waals surface area contributed by atoms with Gasteiger partial charge in [-0.05, 0) is 52.1 Å². The van der Waals surface area contributed by atoms with Crippen molar-refractivity contribution in [3.8, 4) is 0 Å². The van der Waals surface area contributed by atoms with Gasteiger partial charge < -0.3 is 15.1 Å². The Hall–Kier alpha value is -0.900. The van der Waals surface area contributed by atoms with E-state index in [1.54, 1.807) is 0 Å². The Morgan fingerprint density at radius 3 is 2.45 bits per heavy atom. The van der Waals surface area contributed by atoms with E-state index in [4.69, 9.17) is 0 Å². The van der Waals surface area contributed by atoms with Crippen molar-refractivity contribution in [2.75, 3.05) is 40.3 Å². The highest BCUT2D eigenvalue weighted by molar-refractivity contribution is 5.19. The first-order chi connectivity index (χ1) is 9.74. The van der Waals surface area contributed by atoms with E-state index in [1.165, 1.54) is 38.0 Å². The third kappa shape index (κ3) is 4.05. The average Bonchev–Trinajstić information content (AvgIpc) is 2.53. The van der Waals surface area contributed by atoms with Gasteiger partial charge in [0.2, 0.25) is 0 Å². The summed E-state index contributed by atoms with van der Waals surface area (Å²) < 4.78 is 0. The number of nitrogens with one attached hydrogen (secondary N) is 1. The summed E-state index contributed by atoms with van der Waals surface area (Å²) in [7, 11) is 4.34. The van der Waals surface area contributed by atoms with E-state index in [0.29, 0.717) is 6.04 Å². The number of likely N-dealkylation sites (tertiary alicyclic amines) is 1. The van der Waals surface area contributed by atoms with Crippen LogP contribution >= 0.6 is 0 Å². The summed E-state index contributed by atoms with van der Waals surface area (Å²) in [5.41, 5.74) is 1.38. The minimum atomic E-state index is 0.422. The molecule has 1 saturated heterocycles. The number of nitrogens with zero attached hydrogens (tertiary/aromatic N) is 2. The fourth-order valence-electron chi connectivity index (χ4n) is 3.16. The van der Waals surface area contributed by atoms with Gasteiger partial charge in [-0.1, -0.05) is 37.3 Å². The molecule has 1 aliphatic heterocycles. The van der Waals surface area contributed by atoms with Gasteiger partial charge in [-0.2, -0.15) is 0 Å². The van der Waals surface area contributed by atoms with Crippen molar-refractivity contribution >= 4 is 0 Å². The second-order valence-electron chi connectivity index (χ2n) is 5.86. The molecular weight excluding hydrogens is 246 g/mol. The predicted molar refractivity (Wildman–Crippen MR) is 86.0 cm³/mol. The summed E-state index contributed by atoms with van der Waals surface area (Å²) in [5.74, 6) is 0. The number of likely N-dealkylation sites (N-methyl/N-ethyl adjacent to an activating group) is 2. The molecule has 0 aromatic heterocycles. The van der Waals surface area contributed by atoms with E-state index < -0.39 is 0 Å². The molecule has 112 valence electrons. The number of piperidine rings is 1. The van der Waals surface area contributed by atoms with Gasteiger partial charge in [0.15, 0.2) is 0 Å². The number of benzene rings is 1. The maximum atomic E-state index is 3.46. The summed E-state index contributed by atoms with van der Waals surface area (Å²) in [6.45, 7) is 7.04.